The minimum Gasteiger partial charge on any atom is -0.399 e. The molecule has 0 aliphatic heterocycles. The van der Waals surface area contributed by atoms with Crippen LogP contribution < -0.4 is 11.1 Å². The van der Waals surface area contributed by atoms with E-state index in [0.717, 1.165) is 11.8 Å². The van der Waals surface area contributed by atoms with Gasteiger partial charge in [-0.15, -0.1) is 0 Å². The summed E-state index contributed by atoms with van der Waals surface area (Å²) in [6, 6.07) is 4.10. The van der Waals surface area contributed by atoms with Crippen LogP contribution in [0.25, 0.3) is 0 Å². The van der Waals surface area contributed by atoms with Crippen molar-refractivity contribution in [3.63, 3.8) is 0 Å². The van der Waals surface area contributed by atoms with Crippen LogP contribution in [0, 0.1) is 23.6 Å². The summed E-state index contributed by atoms with van der Waals surface area (Å²) in [6.45, 7) is 0.669. The lowest BCUT2D eigenvalue weighted by atomic mass is 9.98. The third-order valence-electron chi connectivity index (χ3n) is 4.19. The number of nitrogens with one attached hydrogen (secondary N) is 1. The van der Waals surface area contributed by atoms with Crippen LogP contribution in [0.3, 0.4) is 0 Å². The van der Waals surface area contributed by atoms with Gasteiger partial charge >= 0.3 is 0 Å². The van der Waals surface area contributed by atoms with Crippen LogP contribution in [-0.4, -0.2) is 12.5 Å². The number of hydrogen-bond donors (Lipinski definition) is 2. The second-order valence-electron chi connectivity index (χ2n) is 5.79. The minimum atomic E-state index is -0.513. The molecule has 1 amide bonds. The Labute approximate surface area is 112 Å². The molecule has 0 aromatic heterocycles. The summed E-state index contributed by atoms with van der Waals surface area (Å²) in [6.07, 6.45) is 5.13. The maximum atomic E-state index is 13.6. The molecule has 2 saturated carbocycles. The number of amides is 1. The van der Waals surface area contributed by atoms with Gasteiger partial charge in [0.2, 0.25) is 0 Å². The lowest BCUT2D eigenvalue weighted by Crippen LogP contribution is -2.31. The Morgan fingerprint density at radius 3 is 2.53 bits per heavy atom. The van der Waals surface area contributed by atoms with Gasteiger partial charge in [0.25, 0.3) is 5.91 Å². The van der Waals surface area contributed by atoms with Crippen molar-refractivity contribution in [2.45, 2.75) is 25.7 Å². The molecular weight excluding hydrogens is 243 g/mol. The Kier molecular flexibility index (Phi) is 3.17. The van der Waals surface area contributed by atoms with E-state index in [9.17, 15) is 9.18 Å². The fraction of sp³-hybridized carbons (Fsp3) is 0.533. The third-order valence-corrected chi connectivity index (χ3v) is 4.19. The molecule has 102 valence electrons. The van der Waals surface area contributed by atoms with Gasteiger partial charge < -0.3 is 11.1 Å². The molecule has 0 unspecified atom stereocenters. The molecule has 2 aliphatic carbocycles. The summed E-state index contributed by atoms with van der Waals surface area (Å²) in [5, 5.41) is 2.88. The highest BCUT2D eigenvalue weighted by Gasteiger charge is 2.41. The van der Waals surface area contributed by atoms with E-state index in [2.05, 4.69) is 5.32 Å². The maximum Gasteiger partial charge on any atom is 0.254 e. The van der Waals surface area contributed by atoms with E-state index in [-0.39, 0.29) is 11.5 Å². The summed E-state index contributed by atoms with van der Waals surface area (Å²) in [5.41, 5.74) is 6.05. The highest BCUT2D eigenvalue weighted by Crippen LogP contribution is 2.48. The molecule has 0 saturated heterocycles. The van der Waals surface area contributed by atoms with Crippen molar-refractivity contribution < 1.29 is 9.18 Å². The lowest BCUT2D eigenvalue weighted by Gasteiger charge is -2.16. The van der Waals surface area contributed by atoms with Gasteiger partial charge in [0.05, 0.1) is 5.56 Å². The average molecular weight is 262 g/mol. The Bertz CT molecular complexity index is 483. The standard InChI is InChI=1S/C15H19FN2O/c16-14-6-5-11(17)7-12(14)15(19)18-8-13(9-1-2-9)10-3-4-10/h5-7,9-10,13H,1-4,8,17H2,(H,18,19). The first-order chi connectivity index (χ1) is 9.15. The molecule has 1 aromatic rings. The zero-order valence-corrected chi connectivity index (χ0v) is 10.9. The molecule has 3 N–H and O–H groups in total. The molecule has 3 rings (SSSR count). The molecule has 4 heteroatoms. The molecular formula is C15H19FN2O. The van der Waals surface area contributed by atoms with Crippen LogP contribution in [0.5, 0.6) is 0 Å². The smallest absolute Gasteiger partial charge is 0.254 e. The van der Waals surface area contributed by atoms with Gasteiger partial charge in [-0.3, -0.25) is 4.79 Å². The number of nitrogens with two attached hydrogens (primary N) is 1. The van der Waals surface area contributed by atoms with Gasteiger partial charge in [-0.05, 0) is 61.6 Å². The van der Waals surface area contributed by atoms with Crippen molar-refractivity contribution in [1.82, 2.24) is 5.32 Å². The van der Waals surface area contributed by atoms with Crippen LogP contribution in [0.2, 0.25) is 0 Å². The van der Waals surface area contributed by atoms with Crippen LogP contribution in [0.4, 0.5) is 10.1 Å². The summed E-state index contributed by atoms with van der Waals surface area (Å²) in [7, 11) is 0. The van der Waals surface area contributed by atoms with Crippen molar-refractivity contribution in [3.05, 3.63) is 29.6 Å². The van der Waals surface area contributed by atoms with Gasteiger partial charge in [0, 0.05) is 12.2 Å². The van der Waals surface area contributed by atoms with Gasteiger partial charge in [-0.1, -0.05) is 0 Å². The Morgan fingerprint density at radius 1 is 1.32 bits per heavy atom. The molecule has 0 radical (unpaired) electrons. The predicted molar refractivity (Wildman–Crippen MR) is 72.1 cm³/mol. The second-order valence-corrected chi connectivity index (χ2v) is 5.79. The van der Waals surface area contributed by atoms with E-state index in [4.69, 9.17) is 5.73 Å². The van der Waals surface area contributed by atoms with E-state index in [0.29, 0.717) is 18.2 Å². The SMILES string of the molecule is Nc1ccc(F)c(C(=O)NCC(C2CC2)C2CC2)c1. The van der Waals surface area contributed by atoms with E-state index < -0.39 is 5.82 Å². The zero-order valence-electron chi connectivity index (χ0n) is 10.9. The van der Waals surface area contributed by atoms with Gasteiger partial charge in [-0.2, -0.15) is 0 Å². The van der Waals surface area contributed by atoms with Gasteiger partial charge in [0.15, 0.2) is 0 Å². The number of carbonyl (C=O) groups excluding carboxylic acids is 1. The van der Waals surface area contributed by atoms with Crippen molar-refractivity contribution in [3.8, 4) is 0 Å². The molecule has 0 bridgehead atoms. The van der Waals surface area contributed by atoms with Crippen molar-refractivity contribution in [2.24, 2.45) is 17.8 Å². The van der Waals surface area contributed by atoms with Crippen LogP contribution >= 0.6 is 0 Å². The minimum absolute atomic E-state index is 0.0466. The van der Waals surface area contributed by atoms with E-state index in [1.165, 1.54) is 43.9 Å². The Hall–Kier alpha value is -1.58. The molecule has 1 aromatic carbocycles. The molecule has 0 atom stereocenters. The normalized spacial score (nSPS) is 18.6. The van der Waals surface area contributed by atoms with Crippen molar-refractivity contribution in [2.75, 3.05) is 12.3 Å². The molecule has 2 fully saturated rings. The van der Waals surface area contributed by atoms with Crippen LogP contribution in [-0.2, 0) is 0 Å². The van der Waals surface area contributed by atoms with Crippen LogP contribution in [0.15, 0.2) is 18.2 Å². The largest absolute Gasteiger partial charge is 0.399 e. The molecule has 19 heavy (non-hydrogen) atoms. The van der Waals surface area contributed by atoms with Crippen LogP contribution in [0.1, 0.15) is 36.0 Å². The number of rotatable bonds is 5. The zero-order chi connectivity index (χ0) is 13.4. The monoisotopic (exact) mass is 262 g/mol. The fourth-order valence-corrected chi connectivity index (χ4v) is 2.79. The lowest BCUT2D eigenvalue weighted by molar-refractivity contribution is 0.0939. The Balaban J connectivity index is 1.62. The van der Waals surface area contributed by atoms with Crippen molar-refractivity contribution in [1.29, 1.82) is 0 Å². The molecule has 2 aliphatic rings. The van der Waals surface area contributed by atoms with E-state index in [1.54, 1.807) is 0 Å². The van der Waals surface area contributed by atoms with E-state index >= 15 is 0 Å². The average Bonchev–Trinajstić information content (AvgIpc) is 3.25. The molecule has 0 spiro atoms. The first-order valence-electron chi connectivity index (χ1n) is 6.98. The van der Waals surface area contributed by atoms with Gasteiger partial charge in [-0.25, -0.2) is 4.39 Å². The number of nitrogen functional groups attached to an aromatic ring is 1. The maximum absolute atomic E-state index is 13.6. The topological polar surface area (TPSA) is 55.1 Å². The number of halogens is 1. The second kappa shape index (κ2) is 4.83. The number of anilines is 1. The predicted octanol–water partition coefficient (Wildman–Crippen LogP) is 2.57. The summed E-state index contributed by atoms with van der Waals surface area (Å²) < 4.78 is 13.6. The number of carbonyl (C=O) groups is 1. The quantitative estimate of drug-likeness (QED) is 0.801. The fourth-order valence-electron chi connectivity index (χ4n) is 2.79. The highest BCUT2D eigenvalue weighted by atomic mass is 19.1. The summed E-state index contributed by atoms with van der Waals surface area (Å²) in [4.78, 5) is 12.0. The highest BCUT2D eigenvalue weighted by molar-refractivity contribution is 5.95. The molecule has 0 heterocycles. The first-order valence-corrected chi connectivity index (χ1v) is 6.98. The Morgan fingerprint density at radius 2 is 1.95 bits per heavy atom. The van der Waals surface area contributed by atoms with Crippen molar-refractivity contribution >= 4 is 11.6 Å². The summed E-state index contributed by atoms with van der Waals surface area (Å²) >= 11 is 0. The number of benzene rings is 1. The third kappa shape index (κ3) is 2.88. The summed E-state index contributed by atoms with van der Waals surface area (Å²) in [5.74, 6) is 1.28. The first kappa shape index (κ1) is 12.5. The van der Waals surface area contributed by atoms with E-state index in [1.807, 2.05) is 0 Å². The number of hydrogen-bond acceptors (Lipinski definition) is 2. The van der Waals surface area contributed by atoms with Gasteiger partial charge in [0.1, 0.15) is 5.82 Å². The molecule has 3 nitrogen and oxygen atoms in total.